The molecule has 0 N–H and O–H groups in total. The number of methoxy groups -OCH3 is 1. The molecule has 0 saturated heterocycles. The molecule has 3 nitrogen and oxygen atoms in total. The molecule has 2 rings (SSSR count). The Kier molecular flexibility index (Phi) is 8.75. The fourth-order valence-electron chi connectivity index (χ4n) is 5.31. The van der Waals surface area contributed by atoms with Crippen LogP contribution in [0.3, 0.4) is 0 Å². The van der Waals surface area contributed by atoms with Crippen LogP contribution < -0.4 is 0 Å². The van der Waals surface area contributed by atoms with E-state index in [0.717, 1.165) is 6.42 Å². The van der Waals surface area contributed by atoms with Crippen LogP contribution in [0.1, 0.15) is 90.9 Å². The highest BCUT2D eigenvalue weighted by Crippen LogP contribution is 2.51. The molecule has 2 aliphatic rings. The number of carbonyl (C=O) groups is 1. The van der Waals surface area contributed by atoms with Gasteiger partial charge in [0, 0.05) is 7.11 Å². The van der Waals surface area contributed by atoms with Crippen LogP contribution in [0.25, 0.3) is 0 Å². The Balaban J connectivity index is 2.10. The molecule has 0 aromatic rings. The molecule has 0 amide bonds. The molecule has 2 fully saturated rings. The first-order chi connectivity index (χ1) is 12.2. The minimum atomic E-state index is -0.384. The summed E-state index contributed by atoms with van der Waals surface area (Å²) in [6, 6.07) is 0. The molecule has 25 heavy (non-hydrogen) atoms. The van der Waals surface area contributed by atoms with Crippen LogP contribution in [0, 0.1) is 23.2 Å². The Hall–Kier alpha value is -0.570. The van der Waals surface area contributed by atoms with E-state index < -0.39 is 0 Å². The summed E-state index contributed by atoms with van der Waals surface area (Å²) in [5.74, 6) is 1.48. The third-order valence-electron chi connectivity index (χ3n) is 6.92. The zero-order valence-electron chi connectivity index (χ0n) is 16.9. The molecule has 0 aromatic carbocycles. The summed E-state index contributed by atoms with van der Waals surface area (Å²) in [5, 5.41) is 0. The van der Waals surface area contributed by atoms with Gasteiger partial charge in [-0.1, -0.05) is 58.8 Å². The van der Waals surface area contributed by atoms with Crippen LogP contribution in [0.2, 0.25) is 0 Å². The largest absolute Gasteiger partial charge is 0.465 e. The average molecular weight is 353 g/mol. The van der Waals surface area contributed by atoms with E-state index in [0.29, 0.717) is 31.0 Å². The second-order valence-electron chi connectivity index (χ2n) is 8.45. The van der Waals surface area contributed by atoms with Gasteiger partial charge >= 0.3 is 5.97 Å². The maximum absolute atomic E-state index is 13.4. The molecular formula is C22H40O3. The summed E-state index contributed by atoms with van der Waals surface area (Å²) in [6.45, 7) is 5.58. The normalized spacial score (nSPS) is 20.9. The average Bonchev–Trinajstić information content (AvgIpc) is 3.33. The molecule has 0 heterocycles. The molecule has 0 bridgehead atoms. The summed E-state index contributed by atoms with van der Waals surface area (Å²) in [4.78, 5) is 13.4. The third kappa shape index (κ3) is 4.99. The lowest BCUT2D eigenvalue weighted by Crippen LogP contribution is -2.48. The Morgan fingerprint density at radius 2 is 1.60 bits per heavy atom. The van der Waals surface area contributed by atoms with Gasteiger partial charge in [0.15, 0.2) is 0 Å². The number of esters is 1. The number of hydrogen-bond acceptors (Lipinski definition) is 3. The van der Waals surface area contributed by atoms with Gasteiger partial charge in [0.25, 0.3) is 0 Å². The monoisotopic (exact) mass is 352 g/mol. The van der Waals surface area contributed by atoms with Crippen molar-refractivity contribution in [3.8, 4) is 0 Å². The smallest absolute Gasteiger partial charge is 0.315 e. The standard InChI is InChI=1S/C22H40O3/c1-4-6-11-18(5-2)16-25-21(23)22(17-24-3,19-12-7-8-13-19)20-14-9-10-15-20/h18-20H,4-17H2,1-3H3. The molecule has 1 unspecified atom stereocenters. The number of ether oxygens (including phenoxy) is 2. The topological polar surface area (TPSA) is 35.5 Å². The van der Waals surface area contributed by atoms with Gasteiger partial charge in [0.1, 0.15) is 0 Å². The molecular weight excluding hydrogens is 312 g/mol. The number of unbranched alkanes of at least 4 members (excludes halogenated alkanes) is 1. The molecule has 0 radical (unpaired) electrons. The molecule has 3 heteroatoms. The minimum absolute atomic E-state index is 0.0584. The van der Waals surface area contributed by atoms with Crippen LogP contribution in [0.15, 0.2) is 0 Å². The van der Waals surface area contributed by atoms with Crippen molar-refractivity contribution in [3.63, 3.8) is 0 Å². The van der Waals surface area contributed by atoms with E-state index in [1.54, 1.807) is 7.11 Å². The highest BCUT2D eigenvalue weighted by atomic mass is 16.5. The van der Waals surface area contributed by atoms with Crippen molar-refractivity contribution >= 4 is 5.97 Å². The maximum atomic E-state index is 13.4. The summed E-state index contributed by atoms with van der Waals surface area (Å²) in [5.41, 5.74) is -0.384. The summed E-state index contributed by atoms with van der Waals surface area (Å²) >= 11 is 0. The van der Waals surface area contributed by atoms with Gasteiger partial charge in [0.2, 0.25) is 0 Å². The predicted molar refractivity (Wildman–Crippen MR) is 102 cm³/mol. The number of rotatable bonds is 11. The molecule has 0 aromatic heterocycles. The van der Waals surface area contributed by atoms with Crippen LogP contribution in [0.4, 0.5) is 0 Å². The second-order valence-corrected chi connectivity index (χ2v) is 8.45. The fourth-order valence-corrected chi connectivity index (χ4v) is 5.31. The summed E-state index contributed by atoms with van der Waals surface area (Å²) in [6.07, 6.45) is 14.4. The first-order valence-corrected chi connectivity index (χ1v) is 10.8. The van der Waals surface area contributed by atoms with E-state index >= 15 is 0 Å². The Morgan fingerprint density at radius 3 is 2.04 bits per heavy atom. The van der Waals surface area contributed by atoms with E-state index in [9.17, 15) is 4.79 Å². The van der Waals surface area contributed by atoms with Crippen molar-refractivity contribution in [2.24, 2.45) is 23.2 Å². The molecule has 146 valence electrons. The zero-order chi connectivity index (χ0) is 18.1. The van der Waals surface area contributed by atoms with Crippen LogP contribution >= 0.6 is 0 Å². The van der Waals surface area contributed by atoms with Gasteiger partial charge in [-0.3, -0.25) is 4.79 Å². The van der Waals surface area contributed by atoms with Crippen molar-refractivity contribution in [1.29, 1.82) is 0 Å². The lowest BCUT2D eigenvalue weighted by molar-refractivity contribution is -0.172. The van der Waals surface area contributed by atoms with E-state index in [-0.39, 0.29) is 11.4 Å². The van der Waals surface area contributed by atoms with Gasteiger partial charge in [-0.2, -0.15) is 0 Å². The maximum Gasteiger partial charge on any atom is 0.315 e. The molecule has 2 aliphatic carbocycles. The first kappa shape index (κ1) is 20.7. The van der Waals surface area contributed by atoms with E-state index in [2.05, 4.69) is 13.8 Å². The van der Waals surface area contributed by atoms with Crippen molar-refractivity contribution in [3.05, 3.63) is 0 Å². The number of hydrogen-bond donors (Lipinski definition) is 0. The Bertz CT molecular complexity index is 365. The summed E-state index contributed by atoms with van der Waals surface area (Å²) < 4.78 is 11.7. The number of carbonyl (C=O) groups excluding carboxylic acids is 1. The first-order valence-electron chi connectivity index (χ1n) is 10.8. The summed E-state index contributed by atoms with van der Waals surface area (Å²) in [7, 11) is 1.75. The zero-order valence-corrected chi connectivity index (χ0v) is 16.9. The van der Waals surface area contributed by atoms with Crippen LogP contribution in [0.5, 0.6) is 0 Å². The molecule has 0 spiro atoms. The van der Waals surface area contributed by atoms with Gasteiger partial charge < -0.3 is 9.47 Å². The third-order valence-corrected chi connectivity index (χ3v) is 6.92. The van der Waals surface area contributed by atoms with Crippen LogP contribution in [-0.4, -0.2) is 26.3 Å². The molecule has 2 saturated carbocycles. The van der Waals surface area contributed by atoms with Crippen molar-refractivity contribution < 1.29 is 14.3 Å². The quantitative estimate of drug-likeness (QED) is 0.443. The van der Waals surface area contributed by atoms with Crippen molar-refractivity contribution in [2.75, 3.05) is 20.3 Å². The van der Waals surface area contributed by atoms with E-state index in [4.69, 9.17) is 9.47 Å². The fraction of sp³-hybridized carbons (Fsp3) is 0.955. The van der Waals surface area contributed by atoms with Crippen molar-refractivity contribution in [2.45, 2.75) is 90.9 Å². The highest BCUT2D eigenvalue weighted by Gasteiger charge is 2.53. The van der Waals surface area contributed by atoms with Crippen molar-refractivity contribution in [1.82, 2.24) is 0 Å². The predicted octanol–water partition coefficient (Wildman–Crippen LogP) is 5.76. The SMILES string of the molecule is CCCCC(CC)COC(=O)C(COC)(C1CCCC1)C1CCCC1. The lowest BCUT2D eigenvalue weighted by atomic mass is 9.65. The Labute approximate surface area is 155 Å². The lowest BCUT2D eigenvalue weighted by Gasteiger charge is -2.41. The van der Waals surface area contributed by atoms with E-state index in [1.807, 2.05) is 0 Å². The minimum Gasteiger partial charge on any atom is -0.465 e. The van der Waals surface area contributed by atoms with Gasteiger partial charge in [-0.25, -0.2) is 0 Å². The highest BCUT2D eigenvalue weighted by molar-refractivity contribution is 5.78. The van der Waals surface area contributed by atoms with Gasteiger partial charge in [-0.15, -0.1) is 0 Å². The van der Waals surface area contributed by atoms with Gasteiger partial charge in [-0.05, 0) is 49.9 Å². The second kappa shape index (κ2) is 10.5. The van der Waals surface area contributed by atoms with Gasteiger partial charge in [0.05, 0.1) is 18.6 Å². The molecule has 0 aliphatic heterocycles. The van der Waals surface area contributed by atoms with Crippen LogP contribution in [-0.2, 0) is 14.3 Å². The van der Waals surface area contributed by atoms with E-state index in [1.165, 1.54) is 70.6 Å². The molecule has 1 atom stereocenters. The Morgan fingerprint density at radius 1 is 1.04 bits per heavy atom.